The van der Waals surface area contributed by atoms with Gasteiger partial charge in [-0.25, -0.2) is 4.79 Å². The summed E-state index contributed by atoms with van der Waals surface area (Å²) in [6.45, 7) is 5.44. The molecule has 4 nitrogen and oxygen atoms in total. The van der Waals surface area contributed by atoms with E-state index in [1.165, 1.54) is 4.57 Å². The van der Waals surface area contributed by atoms with Crippen LogP contribution in [0.4, 0.5) is 0 Å². The second-order valence-electron chi connectivity index (χ2n) is 3.02. The summed E-state index contributed by atoms with van der Waals surface area (Å²) in [5.41, 5.74) is 0.850. The number of nitrogens with one attached hydrogen (secondary N) is 1. The van der Waals surface area contributed by atoms with E-state index in [9.17, 15) is 9.59 Å². The van der Waals surface area contributed by atoms with E-state index in [2.05, 4.69) is 4.98 Å². The largest absolute Gasteiger partial charge is 0.326 e. The molecule has 0 saturated carbocycles. The number of hydrogen-bond acceptors (Lipinski definition) is 2. The Labute approximate surface area is 70.2 Å². The molecule has 66 valence electrons. The summed E-state index contributed by atoms with van der Waals surface area (Å²) < 4.78 is 1.45. The van der Waals surface area contributed by atoms with Crippen molar-refractivity contribution in [1.29, 1.82) is 0 Å². The minimum Gasteiger partial charge on any atom is -0.309 e. The van der Waals surface area contributed by atoms with Crippen LogP contribution in [0.1, 0.15) is 36.1 Å². The van der Waals surface area contributed by atoms with Crippen LogP contribution in [-0.2, 0) is 0 Å². The van der Waals surface area contributed by atoms with Crippen LogP contribution in [0.15, 0.2) is 4.79 Å². The highest BCUT2D eigenvalue weighted by molar-refractivity contribution is 5.73. The lowest BCUT2D eigenvalue weighted by Crippen LogP contribution is -2.20. The van der Waals surface area contributed by atoms with E-state index in [4.69, 9.17) is 0 Å². The molecule has 0 radical (unpaired) electrons. The molecule has 0 saturated heterocycles. The zero-order chi connectivity index (χ0) is 9.30. The minimum atomic E-state index is -0.218. The fourth-order valence-corrected chi connectivity index (χ4v) is 1.23. The lowest BCUT2D eigenvalue weighted by atomic mass is 10.3. The Hall–Kier alpha value is -1.32. The molecule has 0 atom stereocenters. The topological polar surface area (TPSA) is 54.9 Å². The highest BCUT2D eigenvalue weighted by atomic mass is 16.1. The molecule has 12 heavy (non-hydrogen) atoms. The normalized spacial score (nSPS) is 10.7. The maximum Gasteiger partial charge on any atom is 0.326 e. The van der Waals surface area contributed by atoms with Gasteiger partial charge < -0.3 is 4.98 Å². The number of H-pyrrole nitrogens is 1. The zero-order valence-electron chi connectivity index (χ0n) is 7.42. The van der Waals surface area contributed by atoms with Crippen molar-refractivity contribution >= 4 is 6.29 Å². The van der Waals surface area contributed by atoms with Crippen molar-refractivity contribution in [3.8, 4) is 0 Å². The summed E-state index contributed by atoms with van der Waals surface area (Å²) in [4.78, 5) is 24.4. The van der Waals surface area contributed by atoms with Crippen LogP contribution in [0, 0.1) is 6.92 Å². The summed E-state index contributed by atoms with van der Waals surface area (Å²) in [5.74, 6) is 0. The SMILES string of the molecule is Cc1[nH]c(=O)n(C(C)C)c1C=O. The summed E-state index contributed by atoms with van der Waals surface area (Å²) in [7, 11) is 0. The molecule has 0 aliphatic rings. The van der Waals surface area contributed by atoms with E-state index in [1.807, 2.05) is 13.8 Å². The van der Waals surface area contributed by atoms with E-state index in [-0.39, 0.29) is 11.7 Å². The number of imidazole rings is 1. The van der Waals surface area contributed by atoms with E-state index in [1.54, 1.807) is 6.92 Å². The highest BCUT2D eigenvalue weighted by Crippen LogP contribution is 2.06. The predicted molar refractivity (Wildman–Crippen MR) is 45.6 cm³/mol. The summed E-state index contributed by atoms with van der Waals surface area (Å²) in [6, 6.07) is 0.0163. The van der Waals surface area contributed by atoms with Crippen molar-refractivity contribution in [3.63, 3.8) is 0 Å². The van der Waals surface area contributed by atoms with Gasteiger partial charge in [0.15, 0.2) is 6.29 Å². The maximum atomic E-state index is 11.2. The Morgan fingerprint density at radius 2 is 2.08 bits per heavy atom. The van der Waals surface area contributed by atoms with Gasteiger partial charge in [0.05, 0.1) is 0 Å². The van der Waals surface area contributed by atoms with Crippen LogP contribution in [0.3, 0.4) is 0 Å². The molecule has 0 fully saturated rings. The number of nitrogens with zero attached hydrogens (tertiary/aromatic N) is 1. The number of carbonyl (C=O) groups excluding carboxylic acids is 1. The van der Waals surface area contributed by atoms with E-state index < -0.39 is 0 Å². The first-order chi connectivity index (χ1) is 5.57. The molecule has 0 spiro atoms. The first kappa shape index (κ1) is 8.77. The number of rotatable bonds is 2. The molecule has 0 amide bonds. The van der Waals surface area contributed by atoms with Crippen LogP contribution in [0.5, 0.6) is 0 Å². The third-order valence-corrected chi connectivity index (χ3v) is 1.79. The zero-order valence-corrected chi connectivity index (χ0v) is 7.42. The van der Waals surface area contributed by atoms with Crippen LogP contribution in [0.25, 0.3) is 0 Å². The molecule has 1 aromatic rings. The van der Waals surface area contributed by atoms with Gasteiger partial charge in [-0.3, -0.25) is 9.36 Å². The maximum absolute atomic E-state index is 11.2. The van der Waals surface area contributed by atoms with Crippen LogP contribution in [-0.4, -0.2) is 15.8 Å². The quantitative estimate of drug-likeness (QED) is 0.666. The van der Waals surface area contributed by atoms with E-state index in [0.29, 0.717) is 17.7 Å². The third-order valence-electron chi connectivity index (χ3n) is 1.79. The first-order valence-corrected chi connectivity index (χ1v) is 3.84. The Morgan fingerprint density at radius 3 is 2.42 bits per heavy atom. The van der Waals surface area contributed by atoms with Crippen molar-refractivity contribution in [2.75, 3.05) is 0 Å². The van der Waals surface area contributed by atoms with Crippen LogP contribution in [0.2, 0.25) is 0 Å². The molecule has 0 unspecified atom stereocenters. The Bertz CT molecular complexity index is 346. The first-order valence-electron chi connectivity index (χ1n) is 3.84. The fraction of sp³-hybridized carbons (Fsp3) is 0.500. The molecule has 0 aliphatic heterocycles. The molecule has 1 N–H and O–H groups in total. The van der Waals surface area contributed by atoms with Crippen molar-refractivity contribution in [1.82, 2.24) is 9.55 Å². The Morgan fingerprint density at radius 1 is 1.50 bits per heavy atom. The van der Waals surface area contributed by atoms with Crippen molar-refractivity contribution < 1.29 is 4.79 Å². The summed E-state index contributed by atoms with van der Waals surface area (Å²) >= 11 is 0. The molecule has 1 heterocycles. The second kappa shape index (κ2) is 2.97. The molecule has 1 rings (SSSR count). The Balaban J connectivity index is 3.42. The highest BCUT2D eigenvalue weighted by Gasteiger charge is 2.11. The third kappa shape index (κ3) is 1.20. The lowest BCUT2D eigenvalue weighted by molar-refractivity contribution is 0.111. The minimum absolute atomic E-state index is 0.0163. The average molecular weight is 168 g/mol. The molecule has 0 bridgehead atoms. The summed E-state index contributed by atoms with van der Waals surface area (Å²) in [6.07, 6.45) is 0.702. The Kier molecular flexibility index (Phi) is 2.17. The van der Waals surface area contributed by atoms with Crippen molar-refractivity contribution in [2.24, 2.45) is 0 Å². The second-order valence-corrected chi connectivity index (χ2v) is 3.02. The molecule has 4 heteroatoms. The monoisotopic (exact) mass is 168 g/mol. The smallest absolute Gasteiger partial charge is 0.309 e. The fourth-order valence-electron chi connectivity index (χ4n) is 1.23. The molecular formula is C8H12N2O2. The van der Waals surface area contributed by atoms with Gasteiger partial charge in [0.1, 0.15) is 5.69 Å². The molecular weight excluding hydrogens is 156 g/mol. The van der Waals surface area contributed by atoms with Gasteiger partial charge in [0.2, 0.25) is 0 Å². The van der Waals surface area contributed by atoms with Crippen LogP contribution < -0.4 is 5.69 Å². The van der Waals surface area contributed by atoms with Gasteiger partial charge in [-0.05, 0) is 20.8 Å². The van der Waals surface area contributed by atoms with Gasteiger partial charge in [-0.1, -0.05) is 0 Å². The average Bonchev–Trinajstić information content (AvgIpc) is 2.24. The number of aromatic amines is 1. The van der Waals surface area contributed by atoms with Crippen molar-refractivity contribution in [3.05, 3.63) is 21.9 Å². The van der Waals surface area contributed by atoms with E-state index in [0.717, 1.165) is 0 Å². The predicted octanol–water partition coefficient (Wildman–Crippen LogP) is 0.878. The van der Waals surface area contributed by atoms with Crippen molar-refractivity contribution in [2.45, 2.75) is 26.8 Å². The van der Waals surface area contributed by atoms with Crippen LogP contribution >= 0.6 is 0 Å². The van der Waals surface area contributed by atoms with E-state index >= 15 is 0 Å². The summed E-state index contributed by atoms with van der Waals surface area (Å²) in [5, 5.41) is 0. The number of aromatic nitrogens is 2. The molecule has 1 aromatic heterocycles. The molecule has 0 aliphatic carbocycles. The van der Waals surface area contributed by atoms with Gasteiger partial charge >= 0.3 is 5.69 Å². The van der Waals surface area contributed by atoms with Gasteiger partial charge in [-0.2, -0.15) is 0 Å². The van der Waals surface area contributed by atoms with Gasteiger partial charge in [0, 0.05) is 11.7 Å². The standard InChI is InChI=1S/C8H12N2O2/c1-5(2)10-7(4-11)6(3)9-8(10)12/h4-5H,1-3H3,(H,9,12). The lowest BCUT2D eigenvalue weighted by Gasteiger charge is -2.06. The number of aryl methyl sites for hydroxylation is 1. The number of carbonyl (C=O) groups is 1. The number of hydrogen-bond donors (Lipinski definition) is 1. The number of aldehydes is 1. The van der Waals surface area contributed by atoms with Gasteiger partial charge in [-0.15, -0.1) is 0 Å². The van der Waals surface area contributed by atoms with Gasteiger partial charge in [0.25, 0.3) is 0 Å². The molecule has 0 aromatic carbocycles.